The molecule has 2 aromatic rings. The van der Waals surface area contributed by atoms with Gasteiger partial charge in [0.15, 0.2) is 5.54 Å². The number of carboxylic acids is 1. The van der Waals surface area contributed by atoms with Gasteiger partial charge in [-0.25, -0.2) is 9.18 Å². The summed E-state index contributed by atoms with van der Waals surface area (Å²) in [5.74, 6) is -1.64. The predicted molar refractivity (Wildman–Crippen MR) is 73.1 cm³/mol. The lowest BCUT2D eigenvalue weighted by atomic mass is 9.91. The van der Waals surface area contributed by atoms with Crippen molar-refractivity contribution in [3.63, 3.8) is 0 Å². The van der Waals surface area contributed by atoms with E-state index in [1.807, 2.05) is 0 Å². The summed E-state index contributed by atoms with van der Waals surface area (Å²) in [6.45, 7) is 1.44. The molecule has 0 spiro atoms. The molecule has 0 aliphatic heterocycles. The number of aliphatic carboxylic acids is 1. The molecule has 0 saturated heterocycles. The number of halogens is 1. The fourth-order valence-corrected chi connectivity index (χ4v) is 1.88. The number of rotatable bonds is 4. The SMILES string of the molecule is CC(Nc1ccccc1F)(C(=O)O)c1ccc(O)cc1. The van der Waals surface area contributed by atoms with Gasteiger partial charge in [-0.05, 0) is 36.8 Å². The van der Waals surface area contributed by atoms with Gasteiger partial charge in [0.25, 0.3) is 0 Å². The number of nitrogens with one attached hydrogen (secondary N) is 1. The number of hydrogen-bond acceptors (Lipinski definition) is 3. The van der Waals surface area contributed by atoms with E-state index in [9.17, 15) is 19.4 Å². The molecule has 5 heteroatoms. The third-order valence-electron chi connectivity index (χ3n) is 3.13. The lowest BCUT2D eigenvalue weighted by molar-refractivity contribution is -0.142. The summed E-state index contributed by atoms with van der Waals surface area (Å²) in [4.78, 5) is 11.6. The Morgan fingerprint density at radius 1 is 1.15 bits per heavy atom. The van der Waals surface area contributed by atoms with Crippen molar-refractivity contribution in [1.82, 2.24) is 0 Å². The molecule has 0 bridgehead atoms. The van der Waals surface area contributed by atoms with Crippen LogP contribution in [0.25, 0.3) is 0 Å². The second-order valence-corrected chi connectivity index (χ2v) is 4.58. The highest BCUT2D eigenvalue weighted by atomic mass is 19.1. The van der Waals surface area contributed by atoms with E-state index in [1.165, 1.54) is 49.4 Å². The number of anilines is 1. The van der Waals surface area contributed by atoms with Crippen molar-refractivity contribution in [3.8, 4) is 5.75 Å². The third kappa shape index (κ3) is 2.56. The third-order valence-corrected chi connectivity index (χ3v) is 3.13. The van der Waals surface area contributed by atoms with Gasteiger partial charge in [0, 0.05) is 0 Å². The van der Waals surface area contributed by atoms with Gasteiger partial charge in [-0.3, -0.25) is 0 Å². The summed E-state index contributed by atoms with van der Waals surface area (Å²) in [5.41, 5.74) is -0.993. The Balaban J connectivity index is 2.43. The maximum atomic E-state index is 13.7. The Labute approximate surface area is 115 Å². The molecule has 0 aliphatic carbocycles. The van der Waals surface area contributed by atoms with Crippen LogP contribution in [0.2, 0.25) is 0 Å². The number of benzene rings is 2. The number of carboxylic acid groups (broad SMARTS) is 1. The Bertz CT molecular complexity index is 627. The molecule has 0 radical (unpaired) electrons. The zero-order valence-corrected chi connectivity index (χ0v) is 10.8. The van der Waals surface area contributed by atoms with Crippen LogP contribution in [0.1, 0.15) is 12.5 Å². The molecule has 104 valence electrons. The first kappa shape index (κ1) is 13.9. The summed E-state index contributed by atoms with van der Waals surface area (Å²) < 4.78 is 13.7. The number of para-hydroxylation sites is 1. The lowest BCUT2D eigenvalue weighted by Crippen LogP contribution is -2.40. The number of phenolic OH excluding ortho intramolecular Hbond substituents is 1. The maximum Gasteiger partial charge on any atom is 0.333 e. The fraction of sp³-hybridized carbons (Fsp3) is 0.133. The Kier molecular flexibility index (Phi) is 3.61. The molecule has 4 nitrogen and oxygen atoms in total. The molecule has 1 atom stereocenters. The Morgan fingerprint density at radius 2 is 1.75 bits per heavy atom. The second kappa shape index (κ2) is 5.21. The van der Waals surface area contributed by atoms with Crippen LogP contribution >= 0.6 is 0 Å². The summed E-state index contributed by atoms with van der Waals surface area (Å²) >= 11 is 0. The topological polar surface area (TPSA) is 69.6 Å². The van der Waals surface area contributed by atoms with Crippen LogP contribution in [0, 0.1) is 5.82 Å². The first-order valence-electron chi connectivity index (χ1n) is 5.99. The van der Waals surface area contributed by atoms with Gasteiger partial charge in [0.1, 0.15) is 11.6 Å². The summed E-state index contributed by atoms with van der Waals surface area (Å²) in [5, 5.41) is 21.4. The zero-order valence-electron chi connectivity index (χ0n) is 10.8. The van der Waals surface area contributed by atoms with Crippen molar-refractivity contribution in [2.45, 2.75) is 12.5 Å². The molecular formula is C15H14FNO3. The molecule has 2 aromatic carbocycles. The van der Waals surface area contributed by atoms with Crippen LogP contribution in [-0.2, 0) is 10.3 Å². The van der Waals surface area contributed by atoms with Crippen molar-refractivity contribution < 1.29 is 19.4 Å². The summed E-state index contributed by atoms with van der Waals surface area (Å²) in [6, 6.07) is 11.6. The first-order valence-corrected chi connectivity index (χ1v) is 5.99. The molecule has 0 aliphatic rings. The summed E-state index contributed by atoms with van der Waals surface area (Å²) in [7, 11) is 0. The number of phenols is 1. The summed E-state index contributed by atoms with van der Waals surface area (Å²) in [6.07, 6.45) is 0. The monoisotopic (exact) mass is 275 g/mol. The maximum absolute atomic E-state index is 13.7. The predicted octanol–water partition coefficient (Wildman–Crippen LogP) is 2.94. The minimum atomic E-state index is -1.50. The number of carbonyl (C=O) groups is 1. The molecular weight excluding hydrogens is 261 g/mol. The average molecular weight is 275 g/mol. The molecule has 0 heterocycles. The van der Waals surface area contributed by atoms with E-state index >= 15 is 0 Å². The molecule has 1 unspecified atom stereocenters. The van der Waals surface area contributed by atoms with E-state index in [1.54, 1.807) is 6.07 Å². The molecule has 3 N–H and O–H groups in total. The highest BCUT2D eigenvalue weighted by Crippen LogP contribution is 2.29. The van der Waals surface area contributed by atoms with Gasteiger partial charge in [-0.15, -0.1) is 0 Å². The van der Waals surface area contributed by atoms with Gasteiger partial charge in [-0.2, -0.15) is 0 Å². The molecule has 2 rings (SSSR count). The smallest absolute Gasteiger partial charge is 0.333 e. The molecule has 0 saturated carbocycles. The van der Waals surface area contributed by atoms with Crippen LogP contribution < -0.4 is 5.32 Å². The standard InChI is InChI=1S/C15H14FNO3/c1-15(14(19)20,10-6-8-11(18)9-7-10)17-13-5-3-2-4-12(13)16/h2-9,17-18H,1H3,(H,19,20). The lowest BCUT2D eigenvalue weighted by Gasteiger charge is -2.28. The van der Waals surface area contributed by atoms with E-state index in [2.05, 4.69) is 5.32 Å². The molecule has 0 aromatic heterocycles. The van der Waals surface area contributed by atoms with Gasteiger partial charge in [-0.1, -0.05) is 24.3 Å². The van der Waals surface area contributed by atoms with Gasteiger partial charge in [0.05, 0.1) is 5.69 Å². The van der Waals surface area contributed by atoms with Crippen LogP contribution in [-0.4, -0.2) is 16.2 Å². The highest BCUT2D eigenvalue weighted by Gasteiger charge is 2.35. The normalized spacial score (nSPS) is 13.5. The number of aromatic hydroxyl groups is 1. The Morgan fingerprint density at radius 3 is 2.30 bits per heavy atom. The zero-order chi connectivity index (χ0) is 14.8. The van der Waals surface area contributed by atoms with Crippen molar-refractivity contribution >= 4 is 11.7 Å². The highest BCUT2D eigenvalue weighted by molar-refractivity contribution is 5.84. The first-order chi connectivity index (χ1) is 9.43. The van der Waals surface area contributed by atoms with Gasteiger partial charge >= 0.3 is 5.97 Å². The molecule has 0 amide bonds. The van der Waals surface area contributed by atoms with Crippen LogP contribution in [0.15, 0.2) is 48.5 Å². The van der Waals surface area contributed by atoms with E-state index in [4.69, 9.17) is 0 Å². The van der Waals surface area contributed by atoms with Crippen molar-refractivity contribution in [1.29, 1.82) is 0 Å². The van der Waals surface area contributed by atoms with Crippen molar-refractivity contribution in [2.24, 2.45) is 0 Å². The second-order valence-electron chi connectivity index (χ2n) is 4.58. The number of hydrogen-bond donors (Lipinski definition) is 3. The van der Waals surface area contributed by atoms with Crippen LogP contribution in [0.4, 0.5) is 10.1 Å². The van der Waals surface area contributed by atoms with E-state index in [0.29, 0.717) is 5.56 Å². The van der Waals surface area contributed by atoms with E-state index < -0.39 is 17.3 Å². The molecule has 0 fully saturated rings. The van der Waals surface area contributed by atoms with Gasteiger partial charge in [0.2, 0.25) is 0 Å². The Hall–Kier alpha value is -2.56. The van der Waals surface area contributed by atoms with E-state index in [0.717, 1.165) is 0 Å². The van der Waals surface area contributed by atoms with Crippen molar-refractivity contribution in [2.75, 3.05) is 5.32 Å². The molecule has 20 heavy (non-hydrogen) atoms. The van der Waals surface area contributed by atoms with E-state index in [-0.39, 0.29) is 11.4 Å². The van der Waals surface area contributed by atoms with Gasteiger partial charge < -0.3 is 15.5 Å². The largest absolute Gasteiger partial charge is 0.508 e. The van der Waals surface area contributed by atoms with Crippen LogP contribution in [0.5, 0.6) is 5.75 Å². The van der Waals surface area contributed by atoms with Crippen LogP contribution in [0.3, 0.4) is 0 Å². The fourth-order valence-electron chi connectivity index (χ4n) is 1.88. The minimum absolute atomic E-state index is 0.0346. The van der Waals surface area contributed by atoms with Crippen molar-refractivity contribution in [3.05, 3.63) is 59.9 Å². The average Bonchev–Trinajstić information content (AvgIpc) is 2.42. The minimum Gasteiger partial charge on any atom is -0.508 e. The quantitative estimate of drug-likeness (QED) is 0.802.